The fourth-order valence-electron chi connectivity index (χ4n) is 2.98. The van der Waals surface area contributed by atoms with Crippen LogP contribution in [0.2, 0.25) is 0 Å². The minimum atomic E-state index is -3.64. The van der Waals surface area contributed by atoms with Crippen LogP contribution in [0.5, 0.6) is 0 Å². The number of nitrogens with one attached hydrogen (secondary N) is 1. The molecule has 10 nitrogen and oxygen atoms in total. The van der Waals surface area contributed by atoms with Gasteiger partial charge in [0, 0.05) is 38.4 Å². The molecular formula is C19H27N3O7S. The highest BCUT2D eigenvalue weighted by Gasteiger charge is 2.33. The van der Waals surface area contributed by atoms with Crippen LogP contribution in [0.25, 0.3) is 0 Å². The Labute approximate surface area is 176 Å². The number of ether oxygens (including phenoxy) is 2. The number of nitrogens with zero attached hydrogens (tertiary/aromatic N) is 2. The van der Waals surface area contributed by atoms with Crippen LogP contribution in [0, 0.1) is 5.92 Å². The Bertz CT molecular complexity index is 822. The van der Waals surface area contributed by atoms with E-state index in [1.165, 1.54) is 22.8 Å². The first-order chi connectivity index (χ1) is 14.3. The minimum absolute atomic E-state index is 0.116. The van der Waals surface area contributed by atoms with Gasteiger partial charge in [0.15, 0.2) is 6.61 Å². The summed E-state index contributed by atoms with van der Waals surface area (Å²) in [6, 6.07) is 3.03. The zero-order valence-electron chi connectivity index (χ0n) is 16.9. The molecule has 1 aromatic heterocycles. The Morgan fingerprint density at radius 1 is 1.23 bits per heavy atom. The lowest BCUT2D eigenvalue weighted by molar-refractivity contribution is -0.153. The molecule has 0 aromatic carbocycles. The highest BCUT2D eigenvalue weighted by Crippen LogP contribution is 2.24. The fourth-order valence-corrected chi connectivity index (χ4v) is 4.41. The third-order valence-corrected chi connectivity index (χ3v) is 6.47. The first-order valence-electron chi connectivity index (χ1n) is 9.83. The summed E-state index contributed by atoms with van der Waals surface area (Å²) in [5.74, 6) is -1.75. The van der Waals surface area contributed by atoms with Crippen molar-refractivity contribution in [2.75, 3.05) is 32.8 Å². The van der Waals surface area contributed by atoms with E-state index in [1.54, 1.807) is 13.0 Å². The van der Waals surface area contributed by atoms with Crippen LogP contribution in [0.3, 0.4) is 0 Å². The molecule has 1 fully saturated rings. The van der Waals surface area contributed by atoms with E-state index in [0.29, 0.717) is 25.9 Å². The van der Waals surface area contributed by atoms with Gasteiger partial charge in [-0.15, -0.1) is 0 Å². The number of aromatic nitrogens is 1. The average Bonchev–Trinajstić information content (AvgIpc) is 2.76. The maximum atomic E-state index is 12.6. The molecule has 0 bridgehead atoms. The van der Waals surface area contributed by atoms with Crippen molar-refractivity contribution < 1.29 is 32.3 Å². The monoisotopic (exact) mass is 441 g/mol. The molecule has 1 N–H and O–H groups in total. The molecule has 0 spiro atoms. The molecule has 1 aliphatic heterocycles. The number of esters is 2. The molecule has 0 aliphatic carbocycles. The van der Waals surface area contributed by atoms with Gasteiger partial charge in [-0.3, -0.25) is 19.4 Å². The number of carbonyl (C=O) groups is 3. The van der Waals surface area contributed by atoms with E-state index in [1.807, 2.05) is 0 Å². The smallest absolute Gasteiger partial charge is 0.309 e. The highest BCUT2D eigenvalue weighted by atomic mass is 32.2. The van der Waals surface area contributed by atoms with Gasteiger partial charge in [-0.1, -0.05) is 0 Å². The predicted molar refractivity (Wildman–Crippen MR) is 106 cm³/mol. The quantitative estimate of drug-likeness (QED) is 0.410. The highest BCUT2D eigenvalue weighted by molar-refractivity contribution is 7.89. The van der Waals surface area contributed by atoms with Gasteiger partial charge in [0.25, 0.3) is 5.91 Å². The standard InChI is InChI=1S/C19H27N3O7S/c1-2-28-18(24)6-4-10-21-17(23)14-29-19(25)15-7-11-22(12-8-15)30(26,27)16-5-3-9-20-13-16/h3,5,9,13,15H,2,4,6-8,10-12,14H2,1H3,(H,21,23). The van der Waals surface area contributed by atoms with E-state index in [9.17, 15) is 22.8 Å². The maximum Gasteiger partial charge on any atom is 0.309 e. The molecule has 1 amide bonds. The first kappa shape index (κ1) is 23.7. The minimum Gasteiger partial charge on any atom is -0.466 e. The summed E-state index contributed by atoms with van der Waals surface area (Å²) < 4.78 is 36.3. The number of pyridine rings is 1. The second-order valence-corrected chi connectivity index (χ2v) is 8.67. The lowest BCUT2D eigenvalue weighted by atomic mass is 9.98. The lowest BCUT2D eigenvalue weighted by Gasteiger charge is -2.29. The number of carbonyl (C=O) groups excluding carboxylic acids is 3. The summed E-state index contributed by atoms with van der Waals surface area (Å²) in [6.45, 7) is 2.29. The first-order valence-corrected chi connectivity index (χ1v) is 11.3. The zero-order valence-corrected chi connectivity index (χ0v) is 17.7. The van der Waals surface area contributed by atoms with Crippen molar-refractivity contribution in [3.8, 4) is 0 Å². The van der Waals surface area contributed by atoms with Crippen molar-refractivity contribution in [2.45, 2.75) is 37.5 Å². The van der Waals surface area contributed by atoms with Gasteiger partial charge in [0.2, 0.25) is 10.0 Å². The molecule has 30 heavy (non-hydrogen) atoms. The Hall–Kier alpha value is -2.53. The van der Waals surface area contributed by atoms with Gasteiger partial charge < -0.3 is 14.8 Å². The zero-order chi connectivity index (χ0) is 22.0. The van der Waals surface area contributed by atoms with Crippen LogP contribution >= 0.6 is 0 Å². The van der Waals surface area contributed by atoms with Crippen molar-refractivity contribution in [1.29, 1.82) is 0 Å². The SMILES string of the molecule is CCOC(=O)CCCNC(=O)COC(=O)C1CCN(S(=O)(=O)c2cccnc2)CC1. The van der Waals surface area contributed by atoms with Crippen LogP contribution in [-0.4, -0.2) is 68.4 Å². The van der Waals surface area contributed by atoms with Crippen molar-refractivity contribution in [1.82, 2.24) is 14.6 Å². The third kappa shape index (κ3) is 7.06. The maximum absolute atomic E-state index is 12.6. The Morgan fingerprint density at radius 2 is 1.97 bits per heavy atom. The normalized spacial score (nSPS) is 15.4. The number of amides is 1. The van der Waals surface area contributed by atoms with E-state index >= 15 is 0 Å². The lowest BCUT2D eigenvalue weighted by Crippen LogP contribution is -2.41. The molecule has 2 rings (SSSR count). The van der Waals surface area contributed by atoms with Gasteiger partial charge in [0.1, 0.15) is 4.90 Å². The summed E-state index contributed by atoms with van der Waals surface area (Å²) in [6.07, 6.45) is 4.06. The van der Waals surface area contributed by atoms with Crippen molar-refractivity contribution in [3.63, 3.8) is 0 Å². The summed E-state index contributed by atoms with van der Waals surface area (Å²) in [5, 5.41) is 2.57. The van der Waals surface area contributed by atoms with Crippen LogP contribution in [-0.2, 0) is 33.9 Å². The van der Waals surface area contributed by atoms with Gasteiger partial charge >= 0.3 is 11.9 Å². The van der Waals surface area contributed by atoms with Crippen molar-refractivity contribution in [2.24, 2.45) is 5.92 Å². The Kier molecular flexibility index (Phi) is 9.18. The molecular weight excluding hydrogens is 414 g/mol. The Balaban J connectivity index is 1.68. The van der Waals surface area contributed by atoms with Crippen LogP contribution in [0.15, 0.2) is 29.4 Å². The van der Waals surface area contributed by atoms with E-state index in [-0.39, 0.29) is 36.9 Å². The van der Waals surface area contributed by atoms with Crippen LogP contribution in [0.1, 0.15) is 32.6 Å². The summed E-state index contributed by atoms with van der Waals surface area (Å²) in [5.41, 5.74) is 0. The van der Waals surface area contributed by atoms with Crippen molar-refractivity contribution >= 4 is 27.9 Å². The summed E-state index contributed by atoms with van der Waals surface area (Å²) in [4.78, 5) is 39.1. The van der Waals surface area contributed by atoms with E-state index in [4.69, 9.17) is 9.47 Å². The molecule has 2 heterocycles. The molecule has 1 saturated heterocycles. The second-order valence-electron chi connectivity index (χ2n) is 6.73. The molecule has 1 aliphatic rings. The number of sulfonamides is 1. The molecule has 0 saturated carbocycles. The van der Waals surface area contributed by atoms with E-state index in [0.717, 1.165) is 0 Å². The molecule has 0 radical (unpaired) electrons. The van der Waals surface area contributed by atoms with Gasteiger partial charge in [-0.25, -0.2) is 8.42 Å². The molecule has 0 atom stereocenters. The van der Waals surface area contributed by atoms with Crippen molar-refractivity contribution in [3.05, 3.63) is 24.5 Å². The van der Waals surface area contributed by atoms with Gasteiger partial charge in [-0.05, 0) is 38.3 Å². The molecule has 1 aromatic rings. The molecule has 0 unspecified atom stereocenters. The van der Waals surface area contributed by atoms with Crippen LogP contribution in [0.4, 0.5) is 0 Å². The molecule has 11 heteroatoms. The average molecular weight is 442 g/mol. The van der Waals surface area contributed by atoms with E-state index in [2.05, 4.69) is 10.3 Å². The second kappa shape index (κ2) is 11.6. The summed E-state index contributed by atoms with van der Waals surface area (Å²) >= 11 is 0. The largest absolute Gasteiger partial charge is 0.466 e. The number of rotatable bonds is 10. The van der Waals surface area contributed by atoms with Gasteiger partial charge in [0.05, 0.1) is 12.5 Å². The van der Waals surface area contributed by atoms with Gasteiger partial charge in [-0.2, -0.15) is 4.31 Å². The third-order valence-electron chi connectivity index (χ3n) is 4.59. The number of hydrogen-bond acceptors (Lipinski definition) is 8. The topological polar surface area (TPSA) is 132 Å². The summed E-state index contributed by atoms with van der Waals surface area (Å²) in [7, 11) is -3.64. The Morgan fingerprint density at radius 3 is 2.60 bits per heavy atom. The van der Waals surface area contributed by atoms with Crippen LogP contribution < -0.4 is 5.32 Å². The fraction of sp³-hybridized carbons (Fsp3) is 0.579. The number of hydrogen-bond donors (Lipinski definition) is 1. The predicted octanol–water partition coefficient (Wildman–Crippen LogP) is 0.485. The number of piperidine rings is 1. The molecule has 166 valence electrons. The van der Waals surface area contributed by atoms with E-state index < -0.39 is 34.4 Å².